The molecule has 1 heterocycles. The maximum atomic E-state index is 10.9. The van der Waals surface area contributed by atoms with Crippen LogP contribution in [0.2, 0.25) is 0 Å². The van der Waals surface area contributed by atoms with E-state index in [-0.39, 0.29) is 5.37 Å². The summed E-state index contributed by atoms with van der Waals surface area (Å²) in [6.07, 6.45) is 0. The number of rotatable bonds is 2. The Morgan fingerprint density at radius 2 is 1.94 bits per heavy atom. The Hall–Kier alpha value is -1.00. The molecular formula is C13H17NO2S. The molecule has 0 radical (unpaired) electrons. The topological polar surface area (TPSA) is 49.3 Å². The first-order valence-corrected chi connectivity index (χ1v) is 6.72. The molecule has 17 heavy (non-hydrogen) atoms. The number of carbonyl (C=O) groups is 1. The van der Waals surface area contributed by atoms with E-state index in [1.54, 1.807) is 11.8 Å². The molecule has 0 bridgehead atoms. The fraction of sp³-hybridized carbons (Fsp3) is 0.462. The number of benzene rings is 1. The van der Waals surface area contributed by atoms with E-state index in [2.05, 4.69) is 38.2 Å². The Bertz CT molecular complexity index is 459. The van der Waals surface area contributed by atoms with Gasteiger partial charge in [0.05, 0.1) is 5.37 Å². The van der Waals surface area contributed by atoms with Crippen LogP contribution < -0.4 is 5.32 Å². The van der Waals surface area contributed by atoms with Gasteiger partial charge in [-0.1, -0.05) is 12.1 Å². The maximum absolute atomic E-state index is 10.9. The minimum atomic E-state index is -0.763. The van der Waals surface area contributed by atoms with Crippen molar-refractivity contribution in [3.8, 4) is 0 Å². The lowest BCUT2D eigenvalue weighted by molar-refractivity contribution is -0.138. The first-order chi connectivity index (χ1) is 7.99. The van der Waals surface area contributed by atoms with Gasteiger partial charge in [0.15, 0.2) is 0 Å². The highest BCUT2D eigenvalue weighted by molar-refractivity contribution is 7.99. The largest absolute Gasteiger partial charge is 0.480 e. The van der Waals surface area contributed by atoms with E-state index in [0.717, 1.165) is 0 Å². The zero-order valence-electron chi connectivity index (χ0n) is 10.3. The molecule has 3 nitrogen and oxygen atoms in total. The lowest BCUT2D eigenvalue weighted by atomic mass is 10.0. The predicted molar refractivity (Wildman–Crippen MR) is 70.4 cm³/mol. The van der Waals surface area contributed by atoms with Crippen LogP contribution in [0.5, 0.6) is 0 Å². The van der Waals surface area contributed by atoms with Crippen LogP contribution in [0.4, 0.5) is 0 Å². The smallest absolute Gasteiger partial charge is 0.321 e. The van der Waals surface area contributed by atoms with Crippen LogP contribution in [0.3, 0.4) is 0 Å². The van der Waals surface area contributed by atoms with Crippen LogP contribution in [-0.2, 0) is 4.79 Å². The summed E-state index contributed by atoms with van der Waals surface area (Å²) < 4.78 is 0. The van der Waals surface area contributed by atoms with Crippen molar-refractivity contribution in [2.45, 2.75) is 32.2 Å². The van der Waals surface area contributed by atoms with Gasteiger partial charge in [-0.25, -0.2) is 0 Å². The van der Waals surface area contributed by atoms with E-state index in [1.165, 1.54) is 22.3 Å². The van der Waals surface area contributed by atoms with Gasteiger partial charge in [-0.2, -0.15) is 0 Å². The van der Waals surface area contributed by atoms with E-state index in [1.807, 2.05) is 0 Å². The van der Waals surface area contributed by atoms with E-state index in [0.29, 0.717) is 5.75 Å². The van der Waals surface area contributed by atoms with E-state index in [4.69, 9.17) is 5.11 Å². The van der Waals surface area contributed by atoms with Crippen molar-refractivity contribution in [3.05, 3.63) is 34.4 Å². The molecule has 1 fully saturated rings. The van der Waals surface area contributed by atoms with Crippen molar-refractivity contribution in [3.63, 3.8) is 0 Å². The molecule has 2 unspecified atom stereocenters. The van der Waals surface area contributed by atoms with Gasteiger partial charge in [-0.05, 0) is 43.0 Å². The third-order valence-electron chi connectivity index (χ3n) is 3.25. The van der Waals surface area contributed by atoms with Crippen LogP contribution in [0.15, 0.2) is 12.1 Å². The van der Waals surface area contributed by atoms with Gasteiger partial charge in [0.25, 0.3) is 0 Å². The number of aliphatic carboxylic acids is 1. The van der Waals surface area contributed by atoms with Crippen molar-refractivity contribution < 1.29 is 9.90 Å². The van der Waals surface area contributed by atoms with E-state index < -0.39 is 12.0 Å². The highest BCUT2D eigenvalue weighted by Gasteiger charge is 2.31. The van der Waals surface area contributed by atoms with Crippen LogP contribution in [0.1, 0.15) is 27.6 Å². The van der Waals surface area contributed by atoms with E-state index >= 15 is 0 Å². The lowest BCUT2D eigenvalue weighted by Crippen LogP contribution is -2.33. The zero-order chi connectivity index (χ0) is 12.6. The SMILES string of the molecule is Cc1cc(C)c(C2NC(C(=O)O)CS2)cc1C. The number of hydrogen-bond acceptors (Lipinski definition) is 3. The Balaban J connectivity index is 2.24. The number of thioether (sulfide) groups is 1. The number of hydrogen-bond donors (Lipinski definition) is 2. The Kier molecular flexibility index (Phi) is 3.45. The molecule has 2 N–H and O–H groups in total. The first-order valence-electron chi connectivity index (χ1n) is 5.67. The summed E-state index contributed by atoms with van der Waals surface area (Å²) in [5, 5.41) is 12.2. The van der Waals surface area contributed by atoms with Crippen molar-refractivity contribution in [1.29, 1.82) is 0 Å². The molecule has 0 aliphatic carbocycles. The van der Waals surface area contributed by atoms with Gasteiger partial charge in [0.2, 0.25) is 0 Å². The van der Waals surface area contributed by atoms with Gasteiger partial charge in [0.1, 0.15) is 6.04 Å². The summed E-state index contributed by atoms with van der Waals surface area (Å²) in [5.41, 5.74) is 4.97. The molecule has 0 spiro atoms. The second kappa shape index (κ2) is 4.70. The summed E-state index contributed by atoms with van der Waals surface area (Å²) in [7, 11) is 0. The van der Waals surface area contributed by atoms with Gasteiger partial charge >= 0.3 is 5.97 Å². The average molecular weight is 251 g/mol. The summed E-state index contributed by atoms with van der Waals surface area (Å²) in [6, 6.07) is 3.91. The number of aryl methyl sites for hydroxylation is 3. The molecule has 0 saturated carbocycles. The molecule has 1 aromatic rings. The van der Waals surface area contributed by atoms with Crippen molar-refractivity contribution >= 4 is 17.7 Å². The number of carboxylic acid groups (broad SMARTS) is 1. The third kappa shape index (κ3) is 2.48. The first kappa shape index (κ1) is 12.5. The van der Waals surface area contributed by atoms with E-state index in [9.17, 15) is 4.79 Å². The highest BCUT2D eigenvalue weighted by Crippen LogP contribution is 2.35. The number of carboxylic acids is 1. The van der Waals surface area contributed by atoms with Crippen LogP contribution >= 0.6 is 11.8 Å². The van der Waals surface area contributed by atoms with Gasteiger partial charge < -0.3 is 5.11 Å². The molecular weight excluding hydrogens is 234 g/mol. The fourth-order valence-electron chi connectivity index (χ4n) is 2.06. The quantitative estimate of drug-likeness (QED) is 0.847. The molecule has 0 aromatic heterocycles. The Morgan fingerprint density at radius 1 is 1.29 bits per heavy atom. The second-order valence-electron chi connectivity index (χ2n) is 4.56. The summed E-state index contributed by atoms with van der Waals surface area (Å²) in [6.45, 7) is 6.27. The van der Waals surface area contributed by atoms with Crippen molar-refractivity contribution in [1.82, 2.24) is 5.32 Å². The van der Waals surface area contributed by atoms with Crippen LogP contribution in [0, 0.1) is 20.8 Å². The van der Waals surface area contributed by atoms with Gasteiger partial charge in [-0.15, -0.1) is 11.8 Å². The fourth-order valence-corrected chi connectivity index (χ4v) is 3.38. The number of nitrogens with one attached hydrogen (secondary N) is 1. The molecule has 2 rings (SSSR count). The third-order valence-corrected chi connectivity index (χ3v) is 4.49. The molecule has 1 saturated heterocycles. The average Bonchev–Trinajstić information content (AvgIpc) is 2.72. The minimum Gasteiger partial charge on any atom is -0.480 e. The minimum absolute atomic E-state index is 0.107. The monoisotopic (exact) mass is 251 g/mol. The van der Waals surface area contributed by atoms with Gasteiger partial charge in [0, 0.05) is 5.75 Å². The summed E-state index contributed by atoms with van der Waals surface area (Å²) in [5.74, 6) is -0.131. The lowest BCUT2D eigenvalue weighted by Gasteiger charge is -2.16. The molecule has 1 aliphatic rings. The van der Waals surface area contributed by atoms with Gasteiger partial charge in [-0.3, -0.25) is 10.1 Å². The molecule has 4 heteroatoms. The van der Waals surface area contributed by atoms with Crippen molar-refractivity contribution in [2.24, 2.45) is 0 Å². The maximum Gasteiger partial charge on any atom is 0.321 e. The highest BCUT2D eigenvalue weighted by atomic mass is 32.2. The van der Waals surface area contributed by atoms with Crippen LogP contribution in [-0.4, -0.2) is 22.9 Å². The zero-order valence-corrected chi connectivity index (χ0v) is 11.1. The summed E-state index contributed by atoms with van der Waals surface area (Å²) >= 11 is 1.67. The predicted octanol–water partition coefficient (Wildman–Crippen LogP) is 2.40. The molecule has 1 aliphatic heterocycles. The standard InChI is InChI=1S/C13H17NO2S/c1-7-4-9(3)10(5-8(7)2)12-14-11(6-17-12)13(15)16/h4-5,11-12,14H,6H2,1-3H3,(H,15,16). The normalized spacial score (nSPS) is 23.9. The summed E-state index contributed by atoms with van der Waals surface area (Å²) in [4.78, 5) is 10.9. The van der Waals surface area contributed by atoms with Crippen molar-refractivity contribution in [2.75, 3.05) is 5.75 Å². The Labute approximate surface area is 106 Å². The molecule has 1 aromatic carbocycles. The Morgan fingerprint density at radius 3 is 2.53 bits per heavy atom. The van der Waals surface area contributed by atoms with Crippen LogP contribution in [0.25, 0.3) is 0 Å². The molecule has 2 atom stereocenters. The molecule has 0 amide bonds. The molecule has 92 valence electrons. The second-order valence-corrected chi connectivity index (χ2v) is 5.70.